The van der Waals surface area contributed by atoms with Crippen LogP contribution in [0, 0.1) is 11.3 Å². The number of rotatable bonds is 5. The van der Waals surface area contributed by atoms with Crippen LogP contribution in [0.25, 0.3) is 89.2 Å². The number of aromatic nitrogens is 5. The highest BCUT2D eigenvalue weighted by Crippen LogP contribution is 2.42. The Bertz CT molecular complexity index is 3740. The summed E-state index contributed by atoms with van der Waals surface area (Å²) in [6.07, 6.45) is 0. The van der Waals surface area contributed by atoms with Crippen LogP contribution in [0.15, 0.2) is 78.9 Å². The van der Waals surface area contributed by atoms with Gasteiger partial charge in [-0.05, 0) is 36.4 Å². The van der Waals surface area contributed by atoms with Crippen LogP contribution >= 0.6 is 0 Å². The van der Waals surface area contributed by atoms with Crippen molar-refractivity contribution in [3.63, 3.8) is 0 Å². The van der Waals surface area contributed by atoms with Gasteiger partial charge in [-0.2, -0.15) is 5.26 Å². The Morgan fingerprint density at radius 2 is 0.821 bits per heavy atom. The Balaban J connectivity index is 1.27. The van der Waals surface area contributed by atoms with E-state index in [1.807, 2.05) is 69.8 Å². The van der Waals surface area contributed by atoms with Crippen molar-refractivity contribution in [1.82, 2.24) is 24.1 Å². The number of nitriles is 1. The van der Waals surface area contributed by atoms with Gasteiger partial charge in [-0.3, -0.25) is 0 Å². The minimum absolute atomic E-state index is 0.0186. The summed E-state index contributed by atoms with van der Waals surface area (Å²) in [7, 11) is 96.0. The molecule has 3 aromatic heterocycles. The number of hydrogen-bond donors (Lipinski definition) is 0. The summed E-state index contributed by atoms with van der Waals surface area (Å²) in [5.74, 6) is -0.139. The van der Waals surface area contributed by atoms with Gasteiger partial charge < -0.3 is 9.13 Å². The molecule has 0 N–H and O–H groups in total. The third-order valence-corrected chi connectivity index (χ3v) is 12.5. The minimum atomic E-state index is -0.0872. The van der Waals surface area contributed by atoms with Crippen LogP contribution in [-0.2, 0) is 0 Å². The molecule has 0 atom stereocenters. The first-order valence-electron chi connectivity index (χ1n) is 20.3. The van der Waals surface area contributed by atoms with Crippen molar-refractivity contribution in [1.29, 1.82) is 5.26 Å². The summed E-state index contributed by atoms with van der Waals surface area (Å²) >= 11 is 0. The summed E-state index contributed by atoms with van der Waals surface area (Å²) in [6.45, 7) is 0. The Kier molecular flexibility index (Phi) is 10.7. The zero-order valence-electron chi connectivity index (χ0n) is 35.3. The highest BCUT2D eigenvalue weighted by atomic mass is 15.0. The highest BCUT2D eigenvalue weighted by molar-refractivity contribution is 6.71. The average Bonchev–Trinajstić information content (AvgIpc) is 3.85. The Labute approximate surface area is 406 Å². The zero-order valence-corrected chi connectivity index (χ0v) is 35.3. The zero-order chi connectivity index (χ0) is 47.7. The van der Waals surface area contributed by atoms with E-state index in [-0.39, 0.29) is 116 Å². The van der Waals surface area contributed by atoms with Crippen LogP contribution < -0.4 is 81.9 Å². The van der Waals surface area contributed by atoms with Crippen molar-refractivity contribution >= 4 is 243 Å². The van der Waals surface area contributed by atoms with Crippen molar-refractivity contribution < 1.29 is 0 Å². The summed E-state index contributed by atoms with van der Waals surface area (Å²) < 4.78 is 3.97. The van der Waals surface area contributed by atoms with Gasteiger partial charge in [0, 0.05) is 43.9 Å². The maximum atomic E-state index is 11.1. The molecule has 0 saturated carbocycles. The van der Waals surface area contributed by atoms with Crippen molar-refractivity contribution in [3.05, 3.63) is 84.4 Å². The number of hydrogen-bond acceptors (Lipinski definition) is 4. The standard InChI is InChI=1S/C46H13B15N6/c47-27-25(28(48)32(52)35(55)31(27)51)45-63-44(64-46(65-45)26-29(49)33(53)36(56)34(54)30(26)50)15-9-11-20(16(13-15)14-62)66-21-7-3-1-5-17(21)18-10-12-23-24(42(18)66)19-6-2-4-8-22(19)67(23)43-40(60)38(58)37(57)39(59)41(43)61/h1-13H. The van der Waals surface area contributed by atoms with E-state index in [0.717, 1.165) is 43.6 Å². The molecule has 30 radical (unpaired) electrons. The Morgan fingerprint density at radius 1 is 0.388 bits per heavy atom. The van der Waals surface area contributed by atoms with E-state index in [1.165, 1.54) is 0 Å². The molecule has 0 unspecified atom stereocenters. The summed E-state index contributed by atoms with van der Waals surface area (Å²) in [5, 5.41) is 14.6. The molecule has 3 heterocycles. The lowest BCUT2D eigenvalue weighted by Crippen LogP contribution is -2.56. The second-order valence-corrected chi connectivity index (χ2v) is 16.0. The molecule has 10 rings (SSSR count). The lowest BCUT2D eigenvalue weighted by molar-refractivity contribution is 1.08. The van der Waals surface area contributed by atoms with Gasteiger partial charge in [-0.25, -0.2) is 15.0 Å². The first kappa shape index (κ1) is 44.5. The number of fused-ring (bicyclic) bond motifs is 7. The van der Waals surface area contributed by atoms with Crippen molar-refractivity contribution in [3.8, 4) is 51.6 Å². The van der Waals surface area contributed by atoms with Crippen LogP contribution in [0.5, 0.6) is 0 Å². The van der Waals surface area contributed by atoms with E-state index in [4.69, 9.17) is 128 Å². The van der Waals surface area contributed by atoms with Gasteiger partial charge in [0.05, 0.1) is 33.3 Å². The van der Waals surface area contributed by atoms with Crippen LogP contribution in [0.4, 0.5) is 0 Å². The van der Waals surface area contributed by atoms with Gasteiger partial charge in [0.2, 0.25) is 0 Å². The van der Waals surface area contributed by atoms with Crippen molar-refractivity contribution in [2.75, 3.05) is 0 Å². The number of para-hydroxylation sites is 2. The van der Waals surface area contributed by atoms with Crippen LogP contribution in [0.1, 0.15) is 5.56 Å². The van der Waals surface area contributed by atoms with Crippen LogP contribution in [0.2, 0.25) is 0 Å². The third kappa shape index (κ3) is 6.42. The molecule has 0 spiro atoms. The Hall–Kier alpha value is -6.39. The minimum Gasteiger partial charge on any atom is -0.310 e. The van der Waals surface area contributed by atoms with Crippen LogP contribution in [-0.4, -0.2) is 142 Å². The van der Waals surface area contributed by atoms with E-state index in [0.29, 0.717) is 16.9 Å². The molecular formula is C46H13B15N6. The second-order valence-electron chi connectivity index (χ2n) is 16.0. The fraction of sp³-hybridized carbons (Fsp3) is 0. The molecule has 67 heavy (non-hydrogen) atoms. The first-order valence-corrected chi connectivity index (χ1v) is 20.3. The third-order valence-electron chi connectivity index (χ3n) is 12.5. The molecule has 0 aliphatic carbocycles. The maximum absolute atomic E-state index is 11.1. The van der Waals surface area contributed by atoms with E-state index in [1.54, 1.807) is 18.2 Å². The molecule has 7 aromatic carbocycles. The molecule has 0 fully saturated rings. The fourth-order valence-corrected chi connectivity index (χ4v) is 8.95. The molecule has 0 bridgehead atoms. The highest BCUT2D eigenvalue weighted by Gasteiger charge is 2.26. The predicted octanol–water partition coefficient (Wildman–Crippen LogP) is -7.15. The molecule has 10 aromatic rings. The molecule has 0 saturated heterocycles. The average molecular weight is 812 g/mol. The fourth-order valence-electron chi connectivity index (χ4n) is 8.95. The van der Waals surface area contributed by atoms with Gasteiger partial charge in [-0.15, -0.1) is 49.2 Å². The van der Waals surface area contributed by atoms with Crippen LogP contribution in [0.3, 0.4) is 0 Å². The van der Waals surface area contributed by atoms with Gasteiger partial charge in [0.25, 0.3) is 0 Å². The normalized spacial score (nSPS) is 11.6. The summed E-state index contributed by atoms with van der Waals surface area (Å²) in [4.78, 5) is 14.3. The topological polar surface area (TPSA) is 72.3 Å². The number of nitrogens with zero attached hydrogens (tertiary/aromatic N) is 6. The van der Waals surface area contributed by atoms with Gasteiger partial charge in [0.15, 0.2) is 17.5 Å². The molecule has 0 aliphatic heterocycles. The summed E-state index contributed by atoms with van der Waals surface area (Å²) in [6, 6.07) is 27.3. The maximum Gasteiger partial charge on any atom is 0.164 e. The largest absolute Gasteiger partial charge is 0.310 e. The SMILES string of the molecule is [B]c1c([B])c([B])c(-c2nc(-c3ccc(-n4c5ccccc5c5ccc6c(c7ccccc7n6-c6c([B])c([B])c([B])c([B])c6[B])c54)c(C#N)c3)nc(-c3c([B])c([B])c([B])c([B])c3[B])n2)c([B])c1[B]. The van der Waals surface area contributed by atoms with E-state index in [2.05, 4.69) is 11.1 Å². The van der Waals surface area contributed by atoms with E-state index < -0.39 is 0 Å². The second kappa shape index (κ2) is 16.1. The molecule has 6 nitrogen and oxygen atoms in total. The lowest BCUT2D eigenvalue weighted by Gasteiger charge is -2.23. The van der Waals surface area contributed by atoms with Crippen molar-refractivity contribution in [2.45, 2.75) is 0 Å². The molecule has 0 amide bonds. The van der Waals surface area contributed by atoms with Gasteiger partial charge in [0.1, 0.15) is 124 Å². The van der Waals surface area contributed by atoms with E-state index in [9.17, 15) is 5.26 Å². The summed E-state index contributed by atoms with van der Waals surface area (Å²) in [5.41, 5.74) is 4.94. The van der Waals surface area contributed by atoms with Crippen molar-refractivity contribution in [2.24, 2.45) is 0 Å². The number of benzene rings is 7. The van der Waals surface area contributed by atoms with Gasteiger partial charge >= 0.3 is 0 Å². The lowest BCUT2D eigenvalue weighted by atomic mass is 9.60. The molecule has 0 aliphatic rings. The first-order chi connectivity index (χ1) is 32.0. The van der Waals surface area contributed by atoms with E-state index >= 15 is 0 Å². The predicted molar refractivity (Wildman–Crippen MR) is 290 cm³/mol. The monoisotopic (exact) mass is 814 g/mol. The van der Waals surface area contributed by atoms with Gasteiger partial charge in [-0.1, -0.05) is 75.2 Å². The molecule has 21 heteroatoms. The quantitative estimate of drug-likeness (QED) is 0.162. The smallest absolute Gasteiger partial charge is 0.164 e. The molecule has 272 valence electrons. The molecular weight excluding hydrogens is 799 g/mol. The Morgan fingerprint density at radius 3 is 1.33 bits per heavy atom.